The molecular formula is C24H20Cl2N2O. The van der Waals surface area contributed by atoms with E-state index in [2.05, 4.69) is 36.3 Å². The Bertz CT molecular complexity index is 1210. The minimum Gasteiger partial charge on any atom is -0.358 e. The van der Waals surface area contributed by atoms with Crippen molar-refractivity contribution in [2.75, 3.05) is 5.32 Å². The van der Waals surface area contributed by atoms with Crippen LogP contribution in [-0.2, 0) is 4.79 Å². The monoisotopic (exact) mass is 422 g/mol. The number of Topliss-reactive ketones (excluding diaryl/α,β-unsaturated/α-hetero) is 1. The summed E-state index contributed by atoms with van der Waals surface area (Å²) in [6.45, 7) is 4.28. The van der Waals surface area contributed by atoms with Crippen LogP contribution < -0.4 is 5.32 Å². The fourth-order valence-electron chi connectivity index (χ4n) is 4.73. The third-order valence-corrected chi connectivity index (χ3v) is 6.45. The van der Waals surface area contributed by atoms with Gasteiger partial charge in [0, 0.05) is 50.9 Å². The second kappa shape index (κ2) is 6.58. The van der Waals surface area contributed by atoms with Crippen molar-refractivity contribution in [2.24, 2.45) is 5.41 Å². The number of aromatic nitrogens is 1. The summed E-state index contributed by atoms with van der Waals surface area (Å²) in [5.74, 6) is -0.0752. The first-order chi connectivity index (χ1) is 13.8. The molecule has 0 radical (unpaired) electrons. The van der Waals surface area contributed by atoms with Crippen LogP contribution in [0.2, 0.25) is 10.0 Å². The summed E-state index contributed by atoms with van der Waals surface area (Å²) in [6.07, 6.45) is 3.13. The number of carbonyl (C=O) groups excluding carboxylic acids is 1. The molecule has 1 aliphatic heterocycles. The Kier molecular flexibility index (Phi) is 4.23. The van der Waals surface area contributed by atoms with Crippen molar-refractivity contribution >= 4 is 45.6 Å². The quantitative estimate of drug-likeness (QED) is 0.471. The highest BCUT2D eigenvalue weighted by molar-refractivity contribution is 6.35. The third kappa shape index (κ3) is 3.04. The van der Waals surface area contributed by atoms with Gasteiger partial charge in [-0.3, -0.25) is 9.78 Å². The van der Waals surface area contributed by atoms with E-state index in [1.54, 1.807) is 12.3 Å². The second-order valence-corrected chi connectivity index (χ2v) is 9.50. The minimum absolute atomic E-state index is 0.0762. The van der Waals surface area contributed by atoms with Crippen LogP contribution in [0.25, 0.3) is 10.9 Å². The highest BCUT2D eigenvalue weighted by atomic mass is 35.5. The molecule has 1 atom stereocenters. The Morgan fingerprint density at radius 2 is 1.93 bits per heavy atom. The van der Waals surface area contributed by atoms with Crippen molar-refractivity contribution in [1.29, 1.82) is 0 Å². The summed E-state index contributed by atoms with van der Waals surface area (Å²) in [5, 5.41) is 5.75. The number of hydrogen-bond donors (Lipinski definition) is 1. The molecule has 5 rings (SSSR count). The smallest absolute Gasteiger partial charge is 0.162 e. The van der Waals surface area contributed by atoms with Crippen molar-refractivity contribution in [3.63, 3.8) is 0 Å². The highest BCUT2D eigenvalue weighted by Gasteiger charge is 2.41. The number of ketones is 1. The zero-order valence-corrected chi connectivity index (χ0v) is 17.7. The van der Waals surface area contributed by atoms with Crippen molar-refractivity contribution in [2.45, 2.75) is 32.6 Å². The molecule has 1 aromatic heterocycles. The number of anilines is 1. The van der Waals surface area contributed by atoms with Crippen LogP contribution in [0.15, 0.2) is 59.9 Å². The molecule has 0 spiro atoms. The SMILES string of the molecule is CC1(C)CC(=O)C2=C(C1)Nc1ccc3ncccc3c1[C@@H]2c1ccc(Cl)cc1Cl. The summed E-state index contributed by atoms with van der Waals surface area (Å²) in [6, 6.07) is 13.6. The van der Waals surface area contributed by atoms with Gasteiger partial charge in [-0.05, 0) is 53.3 Å². The van der Waals surface area contributed by atoms with Gasteiger partial charge in [-0.2, -0.15) is 0 Å². The van der Waals surface area contributed by atoms with Gasteiger partial charge in [0.15, 0.2) is 5.78 Å². The predicted octanol–water partition coefficient (Wildman–Crippen LogP) is 6.74. The summed E-state index contributed by atoms with van der Waals surface area (Å²) in [7, 11) is 0. The third-order valence-electron chi connectivity index (χ3n) is 5.88. The van der Waals surface area contributed by atoms with E-state index in [0.717, 1.165) is 45.4 Å². The Morgan fingerprint density at radius 3 is 2.72 bits per heavy atom. The molecule has 2 aliphatic rings. The van der Waals surface area contributed by atoms with Crippen LogP contribution in [0, 0.1) is 5.41 Å². The Hall–Kier alpha value is -2.36. The lowest BCUT2D eigenvalue weighted by molar-refractivity contribution is -0.118. The molecule has 0 saturated heterocycles. The molecule has 0 fully saturated rings. The van der Waals surface area contributed by atoms with E-state index < -0.39 is 0 Å². The van der Waals surface area contributed by atoms with Gasteiger partial charge in [0.25, 0.3) is 0 Å². The van der Waals surface area contributed by atoms with Crippen LogP contribution in [0.3, 0.4) is 0 Å². The topological polar surface area (TPSA) is 42.0 Å². The van der Waals surface area contributed by atoms with Crippen LogP contribution in [0.4, 0.5) is 5.69 Å². The van der Waals surface area contributed by atoms with Crippen molar-refractivity contribution in [3.8, 4) is 0 Å². The van der Waals surface area contributed by atoms with E-state index in [0.29, 0.717) is 16.5 Å². The van der Waals surface area contributed by atoms with E-state index in [1.165, 1.54) is 0 Å². The number of fused-ring (bicyclic) bond motifs is 3. The molecular weight excluding hydrogens is 403 g/mol. The number of benzene rings is 2. The number of rotatable bonds is 1. The number of halogens is 2. The molecule has 1 N–H and O–H groups in total. The van der Waals surface area contributed by atoms with Crippen molar-refractivity contribution in [3.05, 3.63) is 81.1 Å². The van der Waals surface area contributed by atoms with Gasteiger partial charge in [-0.25, -0.2) is 0 Å². The molecule has 146 valence electrons. The van der Waals surface area contributed by atoms with Gasteiger partial charge in [-0.15, -0.1) is 0 Å². The largest absolute Gasteiger partial charge is 0.358 e. The number of pyridine rings is 1. The lowest BCUT2D eigenvalue weighted by Gasteiger charge is -2.40. The maximum atomic E-state index is 13.4. The molecule has 0 bridgehead atoms. The molecule has 1 aliphatic carbocycles. The van der Waals surface area contributed by atoms with E-state index in [1.807, 2.05) is 24.3 Å². The number of nitrogens with zero attached hydrogens (tertiary/aromatic N) is 1. The minimum atomic E-state index is -0.248. The molecule has 0 saturated carbocycles. The average molecular weight is 423 g/mol. The Balaban J connectivity index is 1.84. The standard InChI is InChI=1S/C24H20Cl2N2O/c1-24(2)11-19-23(20(29)12-24)22(14-6-5-13(25)10-16(14)26)21-15-4-3-9-27-17(15)7-8-18(21)28-19/h3-10,22,28H,11-12H2,1-2H3/t22-/m0/s1. The normalized spacial score (nSPS) is 20.3. The zero-order valence-electron chi connectivity index (χ0n) is 16.2. The molecule has 29 heavy (non-hydrogen) atoms. The van der Waals surface area contributed by atoms with E-state index >= 15 is 0 Å². The first kappa shape index (κ1) is 18.7. The molecule has 5 heteroatoms. The van der Waals surface area contributed by atoms with E-state index in [9.17, 15) is 4.79 Å². The molecule has 0 unspecified atom stereocenters. The summed E-state index contributed by atoms with van der Waals surface area (Å²) < 4.78 is 0. The molecule has 3 aromatic rings. The van der Waals surface area contributed by atoms with Crippen molar-refractivity contribution in [1.82, 2.24) is 4.98 Å². The maximum absolute atomic E-state index is 13.4. The Morgan fingerprint density at radius 1 is 1.10 bits per heavy atom. The zero-order chi connectivity index (χ0) is 20.3. The molecule has 0 amide bonds. The first-order valence-electron chi connectivity index (χ1n) is 9.70. The fraction of sp³-hybridized carbons (Fsp3) is 0.250. The summed E-state index contributed by atoms with van der Waals surface area (Å²) in [4.78, 5) is 17.9. The van der Waals surface area contributed by atoms with Crippen LogP contribution in [0.1, 0.15) is 43.7 Å². The van der Waals surface area contributed by atoms with Gasteiger partial charge in [-0.1, -0.05) is 49.2 Å². The second-order valence-electron chi connectivity index (χ2n) is 8.65. The van der Waals surface area contributed by atoms with Crippen molar-refractivity contribution < 1.29 is 4.79 Å². The Labute approximate surface area is 179 Å². The number of carbonyl (C=O) groups is 1. The van der Waals surface area contributed by atoms with Gasteiger partial charge >= 0.3 is 0 Å². The lowest BCUT2D eigenvalue weighted by Crippen LogP contribution is -2.34. The number of hydrogen-bond acceptors (Lipinski definition) is 3. The van der Waals surface area contributed by atoms with Gasteiger partial charge in [0.1, 0.15) is 0 Å². The number of allylic oxidation sites excluding steroid dienone is 2. The molecule has 2 heterocycles. The maximum Gasteiger partial charge on any atom is 0.162 e. The summed E-state index contributed by atoms with van der Waals surface area (Å²) >= 11 is 12.8. The van der Waals surface area contributed by atoms with Gasteiger partial charge < -0.3 is 5.32 Å². The first-order valence-corrected chi connectivity index (χ1v) is 10.5. The van der Waals surface area contributed by atoms with Crippen LogP contribution >= 0.6 is 23.2 Å². The molecule has 3 nitrogen and oxygen atoms in total. The highest BCUT2D eigenvalue weighted by Crippen LogP contribution is 2.51. The fourth-order valence-corrected chi connectivity index (χ4v) is 5.25. The van der Waals surface area contributed by atoms with E-state index in [4.69, 9.17) is 23.2 Å². The average Bonchev–Trinajstić information content (AvgIpc) is 2.65. The van der Waals surface area contributed by atoms with Crippen LogP contribution in [0.5, 0.6) is 0 Å². The lowest BCUT2D eigenvalue weighted by atomic mass is 9.68. The van der Waals surface area contributed by atoms with Gasteiger partial charge in [0.05, 0.1) is 5.52 Å². The summed E-state index contributed by atoms with van der Waals surface area (Å²) in [5.41, 5.74) is 5.59. The van der Waals surface area contributed by atoms with Crippen LogP contribution in [-0.4, -0.2) is 10.8 Å². The predicted molar refractivity (Wildman–Crippen MR) is 119 cm³/mol. The van der Waals surface area contributed by atoms with Gasteiger partial charge in [0.2, 0.25) is 0 Å². The van der Waals surface area contributed by atoms with E-state index in [-0.39, 0.29) is 17.1 Å². The number of nitrogens with one attached hydrogen (secondary N) is 1. The molecule has 2 aromatic carbocycles.